The lowest BCUT2D eigenvalue weighted by atomic mass is 9.82. The molecule has 0 aromatic heterocycles. The Labute approximate surface area is 185 Å². The molecule has 1 amide bonds. The van der Waals surface area contributed by atoms with E-state index >= 15 is 0 Å². The highest BCUT2D eigenvalue weighted by Gasteiger charge is 2.30. The van der Waals surface area contributed by atoms with E-state index in [2.05, 4.69) is 23.5 Å². The van der Waals surface area contributed by atoms with Gasteiger partial charge in [-0.3, -0.25) is 4.79 Å². The quantitative estimate of drug-likeness (QED) is 0.658. The van der Waals surface area contributed by atoms with E-state index in [1.807, 2.05) is 31.2 Å². The summed E-state index contributed by atoms with van der Waals surface area (Å²) in [5, 5.41) is 3.12. The highest BCUT2D eigenvalue weighted by Crippen LogP contribution is 2.37. The van der Waals surface area contributed by atoms with E-state index in [1.165, 1.54) is 18.4 Å². The fourth-order valence-electron chi connectivity index (χ4n) is 4.77. The predicted octanol–water partition coefficient (Wildman–Crippen LogP) is 4.88. The van der Waals surface area contributed by atoms with Crippen LogP contribution in [0.5, 0.6) is 17.2 Å². The number of ether oxygens (including phenoxy) is 3. The monoisotopic (exact) mass is 423 g/mol. The van der Waals surface area contributed by atoms with Crippen LogP contribution < -0.4 is 19.5 Å². The topological polar surface area (TPSA) is 56.8 Å². The molecule has 2 fully saturated rings. The molecule has 1 N–H and O–H groups in total. The van der Waals surface area contributed by atoms with Crippen LogP contribution in [-0.2, 0) is 11.2 Å². The van der Waals surface area contributed by atoms with Crippen molar-refractivity contribution in [2.75, 3.05) is 20.3 Å². The number of benzene rings is 2. The Morgan fingerprint density at radius 1 is 1.06 bits per heavy atom. The minimum absolute atomic E-state index is 0.0584. The number of rotatable bonds is 8. The molecule has 0 radical (unpaired) electrons. The lowest BCUT2D eigenvalue weighted by molar-refractivity contribution is -0.126. The maximum atomic E-state index is 12.6. The van der Waals surface area contributed by atoms with Crippen molar-refractivity contribution in [3.8, 4) is 17.2 Å². The molecule has 0 bridgehead atoms. The highest BCUT2D eigenvalue weighted by atomic mass is 16.5. The first-order valence-corrected chi connectivity index (χ1v) is 11.5. The largest absolute Gasteiger partial charge is 0.494 e. The number of carbonyl (C=O) groups is 1. The summed E-state index contributed by atoms with van der Waals surface area (Å²) in [6, 6.07) is 14.3. The van der Waals surface area contributed by atoms with Crippen LogP contribution in [0.3, 0.4) is 0 Å². The third-order valence-electron chi connectivity index (χ3n) is 6.41. The molecule has 2 aliphatic rings. The normalized spacial score (nSPS) is 21.5. The van der Waals surface area contributed by atoms with Crippen molar-refractivity contribution in [3.63, 3.8) is 0 Å². The molecule has 1 aliphatic carbocycles. The SMILES string of the molecule is CCOc1cccc(C[C@H]2C[C@@H](c3ccc(OC)c(OC4CCCC4)c3)CNC2=O)c1. The molecule has 1 aliphatic heterocycles. The zero-order valence-corrected chi connectivity index (χ0v) is 18.6. The van der Waals surface area contributed by atoms with Crippen molar-refractivity contribution in [2.45, 2.75) is 57.5 Å². The summed E-state index contributed by atoms with van der Waals surface area (Å²) in [7, 11) is 1.68. The molecule has 1 saturated heterocycles. The van der Waals surface area contributed by atoms with Gasteiger partial charge < -0.3 is 19.5 Å². The standard InChI is InChI=1S/C26H33NO4/c1-3-30-23-10-6-7-18(14-23)13-20-15-21(17-27-26(20)28)19-11-12-24(29-2)25(16-19)31-22-8-4-5-9-22/h6-7,10-12,14,16,20-22H,3-5,8-9,13,15,17H2,1-2H3,(H,27,28)/t20-,21+/m0/s1. The maximum Gasteiger partial charge on any atom is 0.223 e. The minimum atomic E-state index is -0.0584. The third kappa shape index (κ3) is 5.33. The predicted molar refractivity (Wildman–Crippen MR) is 121 cm³/mol. The van der Waals surface area contributed by atoms with Crippen LogP contribution >= 0.6 is 0 Å². The number of piperidine rings is 1. The van der Waals surface area contributed by atoms with Crippen molar-refractivity contribution < 1.29 is 19.0 Å². The van der Waals surface area contributed by atoms with Gasteiger partial charge >= 0.3 is 0 Å². The number of nitrogens with one attached hydrogen (secondary N) is 1. The van der Waals surface area contributed by atoms with E-state index in [4.69, 9.17) is 14.2 Å². The molecule has 4 rings (SSSR count). The molecule has 5 nitrogen and oxygen atoms in total. The third-order valence-corrected chi connectivity index (χ3v) is 6.41. The summed E-state index contributed by atoms with van der Waals surface area (Å²) in [5.41, 5.74) is 2.33. The van der Waals surface area contributed by atoms with Crippen LogP contribution in [0.4, 0.5) is 0 Å². The molecule has 2 aromatic carbocycles. The van der Waals surface area contributed by atoms with Gasteiger partial charge in [-0.05, 0) is 80.8 Å². The smallest absolute Gasteiger partial charge is 0.223 e. The molecule has 5 heteroatoms. The number of hydrogen-bond acceptors (Lipinski definition) is 4. The van der Waals surface area contributed by atoms with Gasteiger partial charge in [-0.1, -0.05) is 18.2 Å². The molecule has 0 spiro atoms. The highest BCUT2D eigenvalue weighted by molar-refractivity contribution is 5.80. The number of methoxy groups -OCH3 is 1. The Kier molecular flexibility index (Phi) is 7.00. The van der Waals surface area contributed by atoms with Gasteiger partial charge in [-0.15, -0.1) is 0 Å². The fraction of sp³-hybridized carbons (Fsp3) is 0.500. The number of carbonyl (C=O) groups excluding carboxylic acids is 1. The van der Waals surface area contributed by atoms with E-state index in [-0.39, 0.29) is 23.8 Å². The summed E-state index contributed by atoms with van der Waals surface area (Å²) in [6.07, 6.45) is 6.48. The van der Waals surface area contributed by atoms with Crippen LogP contribution in [-0.4, -0.2) is 32.3 Å². The van der Waals surface area contributed by atoms with Gasteiger partial charge in [0.25, 0.3) is 0 Å². The molecule has 1 saturated carbocycles. The van der Waals surface area contributed by atoms with Crippen molar-refractivity contribution in [1.29, 1.82) is 0 Å². The maximum absolute atomic E-state index is 12.6. The second-order valence-corrected chi connectivity index (χ2v) is 8.59. The molecule has 1 heterocycles. The zero-order chi connectivity index (χ0) is 21.6. The van der Waals surface area contributed by atoms with Gasteiger partial charge in [0, 0.05) is 18.4 Å². The van der Waals surface area contributed by atoms with E-state index in [9.17, 15) is 4.79 Å². The van der Waals surface area contributed by atoms with Crippen molar-refractivity contribution >= 4 is 5.91 Å². The van der Waals surface area contributed by atoms with Crippen LogP contribution in [0.1, 0.15) is 56.1 Å². The second-order valence-electron chi connectivity index (χ2n) is 8.59. The Balaban J connectivity index is 1.48. The van der Waals surface area contributed by atoms with E-state index in [0.29, 0.717) is 19.6 Å². The van der Waals surface area contributed by atoms with Crippen LogP contribution in [0.15, 0.2) is 42.5 Å². The average molecular weight is 424 g/mol. The van der Waals surface area contributed by atoms with Crippen LogP contribution in [0.25, 0.3) is 0 Å². The Morgan fingerprint density at radius 2 is 1.90 bits per heavy atom. The first-order chi connectivity index (χ1) is 15.2. The lowest BCUT2D eigenvalue weighted by Gasteiger charge is -2.30. The second kappa shape index (κ2) is 10.1. The van der Waals surface area contributed by atoms with Gasteiger partial charge in [0.2, 0.25) is 5.91 Å². The first-order valence-electron chi connectivity index (χ1n) is 11.5. The van der Waals surface area contributed by atoms with Gasteiger partial charge in [0.05, 0.1) is 19.8 Å². The number of hydrogen-bond donors (Lipinski definition) is 1. The summed E-state index contributed by atoms with van der Waals surface area (Å²) < 4.78 is 17.4. The first kappa shape index (κ1) is 21.5. The molecule has 2 aromatic rings. The van der Waals surface area contributed by atoms with Gasteiger partial charge in [-0.25, -0.2) is 0 Å². The van der Waals surface area contributed by atoms with Gasteiger partial charge in [0.1, 0.15) is 5.75 Å². The van der Waals surface area contributed by atoms with Crippen LogP contribution in [0, 0.1) is 5.92 Å². The van der Waals surface area contributed by atoms with Crippen LogP contribution in [0.2, 0.25) is 0 Å². The summed E-state index contributed by atoms with van der Waals surface area (Å²) in [6.45, 7) is 3.27. The van der Waals surface area contributed by atoms with Crippen molar-refractivity contribution in [1.82, 2.24) is 5.32 Å². The van der Waals surface area contributed by atoms with E-state index < -0.39 is 0 Å². The molecular weight excluding hydrogens is 390 g/mol. The molecule has 166 valence electrons. The van der Waals surface area contributed by atoms with Crippen molar-refractivity contribution in [2.24, 2.45) is 5.92 Å². The molecule has 31 heavy (non-hydrogen) atoms. The molecular formula is C26H33NO4. The summed E-state index contributed by atoms with van der Waals surface area (Å²) in [5.74, 6) is 2.79. The van der Waals surface area contributed by atoms with Crippen molar-refractivity contribution in [3.05, 3.63) is 53.6 Å². The number of amides is 1. The van der Waals surface area contributed by atoms with E-state index in [1.54, 1.807) is 7.11 Å². The molecule has 0 unspecified atom stereocenters. The average Bonchev–Trinajstić information content (AvgIpc) is 3.29. The minimum Gasteiger partial charge on any atom is -0.494 e. The summed E-state index contributed by atoms with van der Waals surface area (Å²) in [4.78, 5) is 12.6. The fourth-order valence-corrected chi connectivity index (χ4v) is 4.77. The zero-order valence-electron chi connectivity index (χ0n) is 18.6. The Hall–Kier alpha value is -2.69. The van der Waals surface area contributed by atoms with E-state index in [0.717, 1.165) is 42.1 Å². The van der Waals surface area contributed by atoms with Gasteiger partial charge in [-0.2, -0.15) is 0 Å². The Bertz CT molecular complexity index is 891. The van der Waals surface area contributed by atoms with Gasteiger partial charge in [0.15, 0.2) is 11.5 Å². The lowest BCUT2D eigenvalue weighted by Crippen LogP contribution is -2.41. The Morgan fingerprint density at radius 3 is 2.68 bits per heavy atom. The molecule has 2 atom stereocenters. The summed E-state index contributed by atoms with van der Waals surface area (Å²) >= 11 is 0.